The summed E-state index contributed by atoms with van der Waals surface area (Å²) in [4.78, 5) is 7.80. The highest BCUT2D eigenvalue weighted by Gasteiger charge is 2.23. The number of halogens is 1. The van der Waals surface area contributed by atoms with Crippen LogP contribution in [0.1, 0.15) is 5.56 Å². The van der Waals surface area contributed by atoms with Crippen molar-refractivity contribution in [2.75, 3.05) is 5.73 Å². The van der Waals surface area contributed by atoms with Gasteiger partial charge in [0.05, 0.1) is 40.3 Å². The predicted octanol–water partition coefficient (Wildman–Crippen LogP) is -0.0832. The molecular weight excluding hydrogens is 346 g/mol. The third kappa shape index (κ3) is 2.89. The van der Waals surface area contributed by atoms with Crippen molar-refractivity contribution in [1.29, 1.82) is 0 Å². The molecule has 24 heavy (non-hydrogen) atoms. The molecule has 7 nitrogen and oxygen atoms in total. The maximum atomic E-state index is 11.6. The van der Waals surface area contributed by atoms with Crippen molar-refractivity contribution < 1.29 is 8.42 Å². The van der Waals surface area contributed by atoms with Gasteiger partial charge < -0.3 is 5.73 Å². The molecule has 0 saturated carbocycles. The van der Waals surface area contributed by atoms with E-state index >= 15 is 0 Å². The highest BCUT2D eigenvalue weighted by atomic mass is 35.7. The van der Waals surface area contributed by atoms with E-state index in [1.54, 1.807) is 0 Å². The number of benzene rings is 1. The molecule has 2 aromatic heterocycles. The van der Waals surface area contributed by atoms with Crippen LogP contribution in [0, 0.1) is 0 Å². The van der Waals surface area contributed by atoms with Crippen molar-refractivity contribution in [3.63, 3.8) is 0 Å². The Morgan fingerprint density at radius 2 is 1.92 bits per heavy atom. The number of anilines is 1. The van der Waals surface area contributed by atoms with E-state index in [9.17, 15) is 8.42 Å². The molecule has 0 aliphatic rings. The van der Waals surface area contributed by atoms with Gasteiger partial charge in [0.1, 0.15) is 6.33 Å². The average Bonchev–Trinajstić information content (AvgIpc) is 2.90. The quantitative estimate of drug-likeness (QED) is 0.522. The maximum Gasteiger partial charge on any atom is 0.261 e. The fraction of sp³-hybridized carbons (Fsp3) is 0.0833. The highest BCUT2D eigenvalue weighted by molar-refractivity contribution is 8.13. The van der Waals surface area contributed by atoms with E-state index in [4.69, 9.17) is 40.0 Å². The lowest BCUT2D eigenvalue weighted by molar-refractivity contribution is 0.609. The van der Waals surface area contributed by atoms with Crippen molar-refractivity contribution in [3.8, 4) is 11.3 Å². The molecule has 1 aromatic carbocycles. The minimum Gasteiger partial charge on any atom is -0.381 e. The SMILES string of the molecule is [B]C([B])([B])c1ccc(S(=O)(=O)Cl)cc1-c1cnc2c(N)ncnn12. The van der Waals surface area contributed by atoms with E-state index in [0.717, 1.165) is 0 Å². The molecule has 0 spiro atoms. The maximum absolute atomic E-state index is 11.6. The third-order valence-corrected chi connectivity index (χ3v) is 4.70. The normalized spacial score (nSPS) is 12.5. The zero-order chi connectivity index (χ0) is 17.7. The summed E-state index contributed by atoms with van der Waals surface area (Å²) in [5.41, 5.74) is 6.98. The van der Waals surface area contributed by atoms with Crippen molar-refractivity contribution in [2.45, 2.75) is 10.0 Å². The summed E-state index contributed by atoms with van der Waals surface area (Å²) in [5.74, 6) is 0.151. The van der Waals surface area contributed by atoms with Gasteiger partial charge in [0, 0.05) is 16.2 Å². The van der Waals surface area contributed by atoms with Gasteiger partial charge in [-0.25, -0.2) is 22.9 Å². The van der Waals surface area contributed by atoms with Gasteiger partial charge in [-0.15, -0.1) is 5.11 Å². The molecule has 0 aliphatic carbocycles. The molecule has 3 rings (SSSR count). The van der Waals surface area contributed by atoms with Crippen LogP contribution < -0.4 is 5.73 Å². The summed E-state index contributed by atoms with van der Waals surface area (Å²) in [6.45, 7) is 0. The van der Waals surface area contributed by atoms with E-state index in [2.05, 4.69) is 15.1 Å². The predicted molar refractivity (Wildman–Crippen MR) is 92.6 cm³/mol. The van der Waals surface area contributed by atoms with Gasteiger partial charge in [-0.3, -0.25) is 0 Å². The average molecular weight is 353 g/mol. The molecule has 0 aliphatic heterocycles. The Hall–Kier alpha value is -2.00. The lowest BCUT2D eigenvalue weighted by Crippen LogP contribution is -2.28. The van der Waals surface area contributed by atoms with E-state index in [1.165, 1.54) is 35.2 Å². The van der Waals surface area contributed by atoms with Crippen LogP contribution in [0.2, 0.25) is 0 Å². The smallest absolute Gasteiger partial charge is 0.261 e. The number of hydrogen-bond acceptors (Lipinski definition) is 6. The first-order valence-corrected chi connectivity index (χ1v) is 8.80. The molecule has 0 fully saturated rings. The summed E-state index contributed by atoms with van der Waals surface area (Å²) in [6.07, 6.45) is 2.66. The lowest BCUT2D eigenvalue weighted by atomic mass is 9.39. The highest BCUT2D eigenvalue weighted by Crippen LogP contribution is 2.32. The molecule has 0 bridgehead atoms. The molecule has 12 heteroatoms. The number of nitrogens with two attached hydrogens (primary N) is 1. The number of nitrogen functional groups attached to an aromatic ring is 1. The van der Waals surface area contributed by atoms with Crippen LogP contribution in [0.5, 0.6) is 0 Å². The van der Waals surface area contributed by atoms with Crippen LogP contribution in [0.4, 0.5) is 5.82 Å². The van der Waals surface area contributed by atoms with Crippen LogP contribution in [0.15, 0.2) is 35.6 Å². The van der Waals surface area contributed by atoms with Crippen LogP contribution in [0.3, 0.4) is 0 Å². The molecule has 2 N–H and O–H groups in total. The number of aromatic nitrogens is 4. The number of imidazole rings is 1. The van der Waals surface area contributed by atoms with Crippen LogP contribution in [0.25, 0.3) is 16.9 Å². The zero-order valence-corrected chi connectivity index (χ0v) is 13.7. The molecule has 6 radical (unpaired) electrons. The molecule has 0 amide bonds. The van der Waals surface area contributed by atoms with E-state index < -0.39 is 14.2 Å². The summed E-state index contributed by atoms with van der Waals surface area (Å²) in [6, 6.07) is 3.93. The minimum atomic E-state index is -3.98. The molecule has 3 aromatic rings. The number of rotatable bonds is 3. The summed E-state index contributed by atoms with van der Waals surface area (Å²) < 4.78 is 24.6. The van der Waals surface area contributed by atoms with E-state index in [-0.39, 0.29) is 21.9 Å². The number of hydrogen-bond donors (Lipinski definition) is 1. The van der Waals surface area contributed by atoms with Gasteiger partial charge in [-0.2, -0.15) is 5.10 Å². The molecule has 0 saturated heterocycles. The van der Waals surface area contributed by atoms with Gasteiger partial charge >= 0.3 is 0 Å². The minimum absolute atomic E-state index is 0.149. The second-order valence-corrected chi connectivity index (χ2v) is 7.67. The first-order chi connectivity index (χ1) is 11.1. The Balaban J connectivity index is 2.37. The summed E-state index contributed by atoms with van der Waals surface area (Å²) in [5, 5.41) is 2.32. The fourth-order valence-electron chi connectivity index (χ4n) is 2.28. The van der Waals surface area contributed by atoms with Crippen molar-refractivity contribution in [1.82, 2.24) is 19.6 Å². The van der Waals surface area contributed by atoms with Gasteiger partial charge in [-0.05, 0) is 12.1 Å². The summed E-state index contributed by atoms with van der Waals surface area (Å²) in [7, 11) is 18.8. The summed E-state index contributed by atoms with van der Waals surface area (Å²) >= 11 is 0. The van der Waals surface area contributed by atoms with Crippen LogP contribution in [-0.4, -0.2) is 51.5 Å². The van der Waals surface area contributed by atoms with Gasteiger partial charge in [0.2, 0.25) is 0 Å². The molecule has 0 atom stereocenters. The topological polar surface area (TPSA) is 103 Å². The Bertz CT molecular complexity index is 1050. The van der Waals surface area contributed by atoms with Gasteiger partial charge in [0.25, 0.3) is 9.05 Å². The van der Waals surface area contributed by atoms with E-state index in [0.29, 0.717) is 11.3 Å². The zero-order valence-electron chi connectivity index (χ0n) is 12.1. The number of fused-ring (bicyclic) bond motifs is 1. The van der Waals surface area contributed by atoms with Crippen molar-refractivity contribution in [3.05, 3.63) is 36.3 Å². The third-order valence-electron chi connectivity index (χ3n) is 3.35. The fourth-order valence-corrected chi connectivity index (χ4v) is 3.06. The lowest BCUT2D eigenvalue weighted by Gasteiger charge is -2.24. The van der Waals surface area contributed by atoms with Crippen LogP contribution >= 0.6 is 10.7 Å². The molecule has 2 heterocycles. The Morgan fingerprint density at radius 3 is 2.54 bits per heavy atom. The van der Waals surface area contributed by atoms with Crippen molar-refractivity contribution >= 4 is 54.7 Å². The second kappa shape index (κ2) is 5.53. The van der Waals surface area contributed by atoms with E-state index in [1.807, 2.05) is 0 Å². The first-order valence-electron chi connectivity index (χ1n) is 6.49. The molecule has 114 valence electrons. The van der Waals surface area contributed by atoms with Crippen molar-refractivity contribution in [2.24, 2.45) is 0 Å². The second-order valence-electron chi connectivity index (χ2n) is 5.10. The Labute approximate surface area is 146 Å². The van der Waals surface area contributed by atoms with Crippen LogP contribution in [-0.2, 0) is 14.2 Å². The largest absolute Gasteiger partial charge is 0.381 e. The molecular formula is C12H7B3ClN5O2S. The monoisotopic (exact) mass is 353 g/mol. The number of nitrogens with zero attached hydrogens (tertiary/aromatic N) is 4. The van der Waals surface area contributed by atoms with Gasteiger partial charge in [0.15, 0.2) is 11.5 Å². The van der Waals surface area contributed by atoms with Gasteiger partial charge in [-0.1, -0.05) is 11.6 Å². The standard InChI is InChI=1S/C12H7B3ClN5O2S/c13-12(14,15)8-2-1-6(24(16,22)23)3-7(8)9-4-18-11-10(17)19-5-20-21(9)11/h1-5H,(H2,17,19,20). The Kier molecular flexibility index (Phi) is 3.88. The Morgan fingerprint density at radius 1 is 1.21 bits per heavy atom. The first kappa shape index (κ1) is 16.8. The molecule has 0 unspecified atom stereocenters.